The fraction of sp³-hybridized carbons (Fsp3) is 0.444. The van der Waals surface area contributed by atoms with Crippen LogP contribution in [0, 0.1) is 13.8 Å². The molecule has 138 valence electrons. The van der Waals surface area contributed by atoms with Gasteiger partial charge in [-0.1, -0.05) is 6.07 Å². The number of carbonyl (C=O) groups is 2. The smallest absolute Gasteiger partial charge is 0.270 e. The summed E-state index contributed by atoms with van der Waals surface area (Å²) in [6.45, 7) is 4.54. The third kappa shape index (κ3) is 4.25. The van der Waals surface area contributed by atoms with Crippen molar-refractivity contribution in [2.24, 2.45) is 0 Å². The van der Waals surface area contributed by atoms with Gasteiger partial charge in [0.25, 0.3) is 5.91 Å². The molecule has 2 atom stereocenters. The third-order valence-electron chi connectivity index (χ3n) is 4.46. The molecule has 0 unspecified atom stereocenters. The number of nitrogens with one attached hydrogen (secondary N) is 1. The summed E-state index contributed by atoms with van der Waals surface area (Å²) in [7, 11) is 0. The largest absolute Gasteiger partial charge is 0.389 e. The van der Waals surface area contributed by atoms with E-state index in [4.69, 9.17) is 0 Å². The minimum absolute atomic E-state index is 0.0229. The highest BCUT2D eigenvalue weighted by molar-refractivity contribution is 7.11. The Kier molecular flexibility index (Phi) is 5.63. The molecule has 0 spiro atoms. The number of aliphatic hydroxyl groups excluding tert-OH is 1. The summed E-state index contributed by atoms with van der Waals surface area (Å²) < 4.78 is 0. The van der Waals surface area contributed by atoms with Crippen molar-refractivity contribution >= 4 is 23.2 Å². The lowest BCUT2D eigenvalue weighted by atomic mass is 10.0. The fourth-order valence-corrected chi connectivity index (χ4v) is 3.98. The van der Waals surface area contributed by atoms with Crippen molar-refractivity contribution in [1.82, 2.24) is 20.2 Å². The van der Waals surface area contributed by atoms with E-state index in [1.54, 1.807) is 29.3 Å². The lowest BCUT2D eigenvalue weighted by molar-refractivity contribution is -0.134. The summed E-state index contributed by atoms with van der Waals surface area (Å²) >= 11 is 1.53. The van der Waals surface area contributed by atoms with Crippen LogP contribution in [0.5, 0.6) is 0 Å². The van der Waals surface area contributed by atoms with Crippen LogP contribution < -0.4 is 5.32 Å². The molecule has 26 heavy (non-hydrogen) atoms. The predicted molar refractivity (Wildman–Crippen MR) is 98.0 cm³/mol. The second-order valence-corrected chi connectivity index (χ2v) is 7.70. The van der Waals surface area contributed by atoms with E-state index in [2.05, 4.69) is 15.3 Å². The van der Waals surface area contributed by atoms with Crippen LogP contribution >= 0.6 is 11.3 Å². The SMILES string of the molecule is Cc1nc(C)c(CC(=O)N2CC[C@@H](NC(=O)c3ccccn3)[C@H](O)C2)s1. The van der Waals surface area contributed by atoms with Crippen molar-refractivity contribution in [3.63, 3.8) is 0 Å². The lowest BCUT2D eigenvalue weighted by Crippen LogP contribution is -2.55. The summed E-state index contributed by atoms with van der Waals surface area (Å²) in [5.41, 5.74) is 1.20. The van der Waals surface area contributed by atoms with Crippen LogP contribution in [0.3, 0.4) is 0 Å². The molecule has 0 aromatic carbocycles. The van der Waals surface area contributed by atoms with Gasteiger partial charge in [-0.05, 0) is 32.4 Å². The van der Waals surface area contributed by atoms with Crippen LogP contribution in [0.2, 0.25) is 0 Å². The summed E-state index contributed by atoms with van der Waals surface area (Å²) in [6, 6.07) is 4.71. The van der Waals surface area contributed by atoms with Gasteiger partial charge in [0.05, 0.1) is 29.3 Å². The van der Waals surface area contributed by atoms with Gasteiger partial charge in [0.15, 0.2) is 0 Å². The van der Waals surface area contributed by atoms with E-state index in [0.717, 1.165) is 15.6 Å². The van der Waals surface area contributed by atoms with Crippen molar-refractivity contribution in [1.29, 1.82) is 0 Å². The first-order valence-corrected chi connectivity index (χ1v) is 9.36. The van der Waals surface area contributed by atoms with E-state index in [-0.39, 0.29) is 24.4 Å². The standard InChI is InChI=1S/C18H22N4O3S/c1-11-16(26-12(2)20-11)9-17(24)22-8-6-13(15(23)10-22)21-18(25)14-5-3-4-7-19-14/h3-5,7,13,15,23H,6,8-10H2,1-2H3,(H,21,25)/t13-,15-/m1/s1. The number of aryl methyl sites for hydroxylation is 2. The molecule has 3 rings (SSSR count). The Morgan fingerprint density at radius 3 is 2.81 bits per heavy atom. The van der Waals surface area contributed by atoms with Crippen LogP contribution in [0.4, 0.5) is 0 Å². The Morgan fingerprint density at radius 2 is 2.19 bits per heavy atom. The molecule has 1 saturated heterocycles. The molecule has 2 aromatic rings. The molecular formula is C18H22N4O3S. The number of likely N-dealkylation sites (tertiary alicyclic amines) is 1. The molecular weight excluding hydrogens is 352 g/mol. The zero-order valence-corrected chi connectivity index (χ0v) is 15.6. The van der Waals surface area contributed by atoms with Crippen LogP contribution in [0.15, 0.2) is 24.4 Å². The Hall–Kier alpha value is -2.32. The zero-order valence-electron chi connectivity index (χ0n) is 14.8. The van der Waals surface area contributed by atoms with Crippen molar-refractivity contribution in [2.75, 3.05) is 13.1 Å². The normalized spacial score (nSPS) is 20.0. The van der Waals surface area contributed by atoms with Gasteiger partial charge in [-0.15, -0.1) is 11.3 Å². The molecule has 0 bridgehead atoms. The number of thiazole rings is 1. The van der Waals surface area contributed by atoms with Gasteiger partial charge >= 0.3 is 0 Å². The summed E-state index contributed by atoms with van der Waals surface area (Å²) in [5.74, 6) is -0.338. The topological polar surface area (TPSA) is 95.4 Å². The van der Waals surface area contributed by atoms with E-state index in [1.165, 1.54) is 11.3 Å². The number of aromatic nitrogens is 2. The molecule has 7 nitrogen and oxygen atoms in total. The molecule has 2 amide bonds. The van der Waals surface area contributed by atoms with Crippen LogP contribution in [0.1, 0.15) is 32.5 Å². The second kappa shape index (κ2) is 7.92. The predicted octanol–water partition coefficient (Wildman–Crippen LogP) is 1.09. The van der Waals surface area contributed by atoms with E-state index in [1.807, 2.05) is 13.8 Å². The Bertz CT molecular complexity index is 793. The molecule has 0 radical (unpaired) electrons. The molecule has 2 aromatic heterocycles. The van der Waals surface area contributed by atoms with Crippen LogP contribution in [-0.4, -0.2) is 57.0 Å². The molecule has 0 aliphatic carbocycles. The van der Waals surface area contributed by atoms with E-state index >= 15 is 0 Å². The number of nitrogens with zero attached hydrogens (tertiary/aromatic N) is 3. The molecule has 1 aliphatic heterocycles. The van der Waals surface area contributed by atoms with E-state index in [0.29, 0.717) is 25.1 Å². The van der Waals surface area contributed by atoms with Crippen LogP contribution in [0.25, 0.3) is 0 Å². The minimum Gasteiger partial charge on any atom is -0.389 e. The summed E-state index contributed by atoms with van der Waals surface area (Å²) in [6.07, 6.45) is 1.56. The highest BCUT2D eigenvalue weighted by atomic mass is 32.1. The van der Waals surface area contributed by atoms with Crippen molar-refractivity contribution in [3.05, 3.63) is 45.7 Å². The first kappa shape index (κ1) is 18.5. The van der Waals surface area contributed by atoms with E-state index < -0.39 is 6.10 Å². The number of amides is 2. The van der Waals surface area contributed by atoms with Gasteiger partial charge in [-0.3, -0.25) is 14.6 Å². The molecule has 1 fully saturated rings. The van der Waals surface area contributed by atoms with Crippen molar-refractivity contribution in [3.8, 4) is 0 Å². The number of hydrogen-bond acceptors (Lipinski definition) is 6. The summed E-state index contributed by atoms with van der Waals surface area (Å²) in [4.78, 5) is 35.7. The van der Waals surface area contributed by atoms with Gasteiger partial charge in [0, 0.05) is 24.2 Å². The van der Waals surface area contributed by atoms with Gasteiger partial charge < -0.3 is 15.3 Å². The van der Waals surface area contributed by atoms with Gasteiger partial charge in [0.2, 0.25) is 5.91 Å². The van der Waals surface area contributed by atoms with Crippen molar-refractivity contribution in [2.45, 2.75) is 38.8 Å². The highest BCUT2D eigenvalue weighted by Gasteiger charge is 2.31. The zero-order chi connectivity index (χ0) is 18.7. The maximum Gasteiger partial charge on any atom is 0.270 e. The van der Waals surface area contributed by atoms with E-state index in [9.17, 15) is 14.7 Å². The van der Waals surface area contributed by atoms with Crippen molar-refractivity contribution < 1.29 is 14.7 Å². The molecule has 2 N–H and O–H groups in total. The molecule has 0 saturated carbocycles. The maximum absolute atomic E-state index is 12.5. The molecule has 1 aliphatic rings. The molecule has 8 heteroatoms. The van der Waals surface area contributed by atoms with Gasteiger partial charge in [-0.25, -0.2) is 4.98 Å². The number of β-amino-alcohol motifs (C(OH)–C–C–N with tert-alkyl or cyclic N) is 1. The summed E-state index contributed by atoms with van der Waals surface area (Å²) in [5, 5.41) is 14.1. The Labute approximate surface area is 156 Å². The first-order valence-electron chi connectivity index (χ1n) is 8.54. The van der Waals surface area contributed by atoms with Gasteiger partial charge in [0.1, 0.15) is 5.69 Å². The third-order valence-corrected chi connectivity index (χ3v) is 5.53. The number of hydrogen-bond donors (Lipinski definition) is 2. The fourth-order valence-electron chi connectivity index (χ4n) is 3.05. The quantitative estimate of drug-likeness (QED) is 0.835. The lowest BCUT2D eigenvalue weighted by Gasteiger charge is -2.36. The Morgan fingerprint density at radius 1 is 1.38 bits per heavy atom. The number of aliphatic hydroxyl groups is 1. The maximum atomic E-state index is 12.5. The minimum atomic E-state index is -0.801. The number of pyridine rings is 1. The monoisotopic (exact) mass is 374 g/mol. The Balaban J connectivity index is 1.55. The molecule has 3 heterocycles. The number of carbonyl (C=O) groups excluding carboxylic acids is 2. The van der Waals surface area contributed by atoms with Gasteiger partial charge in [-0.2, -0.15) is 0 Å². The second-order valence-electron chi connectivity index (χ2n) is 6.41. The highest BCUT2D eigenvalue weighted by Crippen LogP contribution is 2.20. The van der Waals surface area contributed by atoms with Crippen LogP contribution in [-0.2, 0) is 11.2 Å². The average Bonchev–Trinajstić information content (AvgIpc) is 2.94. The number of rotatable bonds is 4. The first-order chi connectivity index (χ1) is 12.4. The number of piperidine rings is 1. The average molecular weight is 374 g/mol.